The first kappa shape index (κ1) is 24.8. The number of hydrogen-bond acceptors (Lipinski definition) is 5. The van der Waals surface area contributed by atoms with Crippen molar-refractivity contribution in [1.29, 1.82) is 0 Å². The predicted octanol–water partition coefficient (Wildman–Crippen LogP) is 3.43. The van der Waals surface area contributed by atoms with Crippen molar-refractivity contribution in [2.75, 3.05) is 33.1 Å². The summed E-state index contributed by atoms with van der Waals surface area (Å²) in [5.74, 6) is 0.388. The monoisotopic (exact) mass is 447 g/mol. The highest BCUT2D eigenvalue weighted by Gasteiger charge is 2.21. The summed E-state index contributed by atoms with van der Waals surface area (Å²) < 4.78 is 31.3. The Bertz CT molecular complexity index is 986. The average Bonchev–Trinajstić information content (AvgIpc) is 2.73. The van der Waals surface area contributed by atoms with Crippen LogP contribution in [-0.2, 0) is 21.2 Å². The van der Waals surface area contributed by atoms with Crippen LogP contribution in [0.2, 0.25) is 0 Å². The highest BCUT2D eigenvalue weighted by molar-refractivity contribution is 7.89. The lowest BCUT2D eigenvalue weighted by Gasteiger charge is -2.23. The van der Waals surface area contributed by atoms with Gasteiger partial charge in [-0.25, -0.2) is 12.7 Å². The molecule has 0 radical (unpaired) electrons. The van der Waals surface area contributed by atoms with Crippen LogP contribution in [0.25, 0.3) is 0 Å². The summed E-state index contributed by atoms with van der Waals surface area (Å²) in [6, 6.07) is 12.8. The third-order valence-corrected chi connectivity index (χ3v) is 6.93. The Labute approximate surface area is 185 Å². The van der Waals surface area contributed by atoms with Crippen molar-refractivity contribution in [3.63, 3.8) is 0 Å². The van der Waals surface area contributed by atoms with Crippen LogP contribution in [0.15, 0.2) is 47.4 Å². The highest BCUT2D eigenvalue weighted by Crippen LogP contribution is 2.28. The summed E-state index contributed by atoms with van der Waals surface area (Å²) in [4.78, 5) is 12.7. The van der Waals surface area contributed by atoms with Gasteiger partial charge in [-0.05, 0) is 41.7 Å². The summed E-state index contributed by atoms with van der Waals surface area (Å²) in [6.07, 6.45) is 0.979. The summed E-state index contributed by atoms with van der Waals surface area (Å²) in [5, 5.41) is 6.08. The van der Waals surface area contributed by atoms with Gasteiger partial charge in [0.15, 0.2) is 0 Å². The van der Waals surface area contributed by atoms with Crippen LogP contribution >= 0.6 is 0 Å². The van der Waals surface area contributed by atoms with E-state index in [2.05, 4.69) is 55.7 Å². The third kappa shape index (κ3) is 6.29. The molecule has 0 heterocycles. The Kier molecular flexibility index (Phi) is 8.61. The van der Waals surface area contributed by atoms with E-state index in [0.29, 0.717) is 11.4 Å². The van der Waals surface area contributed by atoms with Gasteiger partial charge in [0.2, 0.25) is 15.9 Å². The molecule has 0 saturated carbocycles. The zero-order valence-electron chi connectivity index (χ0n) is 19.1. The minimum absolute atomic E-state index is 0.0130. The number of amides is 1. The molecule has 1 amide bonds. The summed E-state index contributed by atoms with van der Waals surface area (Å²) in [7, 11) is 0.761. The van der Waals surface area contributed by atoms with Crippen LogP contribution < -0.4 is 15.4 Å². The Hall–Kier alpha value is -2.42. The molecule has 0 fully saturated rings. The van der Waals surface area contributed by atoms with Gasteiger partial charge in [0.1, 0.15) is 5.75 Å². The highest BCUT2D eigenvalue weighted by atomic mass is 32.2. The fraction of sp³-hybridized carbons (Fsp3) is 0.435. The SMILES string of the molecule is CCc1ccc([C@H](NCC(=O)Nc2cc(S(=O)(=O)N(C)C)ccc2OC)C(C)C)cc1. The molecule has 2 aromatic rings. The molecule has 2 aromatic carbocycles. The van der Waals surface area contributed by atoms with E-state index >= 15 is 0 Å². The number of rotatable bonds is 10. The Morgan fingerprint density at radius 3 is 2.26 bits per heavy atom. The lowest BCUT2D eigenvalue weighted by Crippen LogP contribution is -2.33. The maximum Gasteiger partial charge on any atom is 0.242 e. The first-order valence-corrected chi connectivity index (χ1v) is 11.8. The number of aryl methyl sites for hydroxylation is 1. The van der Waals surface area contributed by atoms with Gasteiger partial charge in [-0.2, -0.15) is 0 Å². The Balaban J connectivity index is 2.15. The lowest BCUT2D eigenvalue weighted by molar-refractivity contribution is -0.115. The summed E-state index contributed by atoms with van der Waals surface area (Å²) in [5.41, 5.74) is 2.70. The van der Waals surface area contributed by atoms with E-state index in [1.54, 1.807) is 0 Å². The van der Waals surface area contributed by atoms with Gasteiger partial charge in [-0.15, -0.1) is 0 Å². The van der Waals surface area contributed by atoms with Gasteiger partial charge in [0.25, 0.3) is 0 Å². The molecular formula is C23H33N3O4S. The fourth-order valence-corrected chi connectivity index (χ4v) is 4.18. The minimum atomic E-state index is -3.63. The molecule has 8 heteroatoms. The molecule has 0 unspecified atom stereocenters. The molecule has 7 nitrogen and oxygen atoms in total. The molecule has 2 N–H and O–H groups in total. The van der Waals surface area contributed by atoms with Crippen molar-refractivity contribution in [2.45, 2.75) is 38.1 Å². The normalized spacial score (nSPS) is 12.8. The van der Waals surface area contributed by atoms with E-state index in [1.807, 2.05) is 0 Å². The largest absolute Gasteiger partial charge is 0.495 e. The molecule has 170 valence electrons. The van der Waals surface area contributed by atoms with Crippen molar-refractivity contribution in [3.05, 3.63) is 53.6 Å². The smallest absolute Gasteiger partial charge is 0.242 e. The van der Waals surface area contributed by atoms with Crippen LogP contribution in [0, 0.1) is 5.92 Å². The van der Waals surface area contributed by atoms with Gasteiger partial charge in [-0.1, -0.05) is 45.0 Å². The molecule has 0 aliphatic rings. The first-order valence-electron chi connectivity index (χ1n) is 10.3. The molecule has 1 atom stereocenters. The topological polar surface area (TPSA) is 87.7 Å². The van der Waals surface area contributed by atoms with Gasteiger partial charge >= 0.3 is 0 Å². The molecule has 31 heavy (non-hydrogen) atoms. The number of carbonyl (C=O) groups excluding carboxylic acids is 1. The third-order valence-electron chi connectivity index (χ3n) is 5.12. The fourth-order valence-electron chi connectivity index (χ4n) is 3.25. The maximum atomic E-state index is 12.6. The molecule has 0 spiro atoms. The quantitative estimate of drug-likeness (QED) is 0.583. The number of nitrogens with zero attached hydrogens (tertiary/aromatic N) is 1. The van der Waals surface area contributed by atoms with E-state index in [1.165, 1.54) is 45.0 Å². The Morgan fingerprint density at radius 1 is 1.10 bits per heavy atom. The first-order chi connectivity index (χ1) is 14.6. The van der Waals surface area contributed by atoms with Crippen LogP contribution in [0.3, 0.4) is 0 Å². The molecule has 0 aliphatic carbocycles. The zero-order chi connectivity index (χ0) is 23.2. The maximum absolute atomic E-state index is 12.6. The number of ether oxygens (including phenoxy) is 1. The lowest BCUT2D eigenvalue weighted by atomic mass is 9.95. The van der Waals surface area contributed by atoms with Crippen LogP contribution in [0.4, 0.5) is 5.69 Å². The number of methoxy groups -OCH3 is 1. The second-order valence-corrected chi connectivity index (χ2v) is 10.0. The predicted molar refractivity (Wildman–Crippen MR) is 124 cm³/mol. The molecular weight excluding hydrogens is 414 g/mol. The van der Waals surface area contributed by atoms with Crippen molar-refractivity contribution < 1.29 is 17.9 Å². The molecule has 0 bridgehead atoms. The van der Waals surface area contributed by atoms with Gasteiger partial charge in [0.05, 0.1) is 24.2 Å². The van der Waals surface area contributed by atoms with E-state index in [-0.39, 0.29) is 29.3 Å². The summed E-state index contributed by atoms with van der Waals surface area (Å²) in [6.45, 7) is 6.39. The van der Waals surface area contributed by atoms with E-state index in [9.17, 15) is 13.2 Å². The van der Waals surface area contributed by atoms with Crippen molar-refractivity contribution in [1.82, 2.24) is 9.62 Å². The minimum Gasteiger partial charge on any atom is -0.495 e. The van der Waals surface area contributed by atoms with Gasteiger partial charge in [-0.3, -0.25) is 4.79 Å². The van der Waals surface area contributed by atoms with E-state index in [0.717, 1.165) is 16.3 Å². The molecule has 0 aliphatic heterocycles. The number of sulfonamides is 1. The number of benzene rings is 2. The van der Waals surface area contributed by atoms with Crippen LogP contribution in [0.1, 0.15) is 37.9 Å². The van der Waals surface area contributed by atoms with Crippen molar-refractivity contribution in [3.8, 4) is 5.75 Å². The van der Waals surface area contributed by atoms with Crippen LogP contribution in [-0.4, -0.2) is 46.4 Å². The van der Waals surface area contributed by atoms with Gasteiger partial charge in [0, 0.05) is 20.1 Å². The molecule has 0 saturated heterocycles. The zero-order valence-corrected chi connectivity index (χ0v) is 19.9. The molecule has 0 aromatic heterocycles. The summed E-state index contributed by atoms with van der Waals surface area (Å²) >= 11 is 0. The van der Waals surface area contributed by atoms with Crippen LogP contribution in [0.5, 0.6) is 5.75 Å². The number of carbonyl (C=O) groups is 1. The number of hydrogen-bond donors (Lipinski definition) is 2. The second kappa shape index (κ2) is 10.7. The van der Waals surface area contributed by atoms with Crippen molar-refractivity contribution >= 4 is 21.6 Å². The van der Waals surface area contributed by atoms with E-state index < -0.39 is 10.0 Å². The molecule has 2 rings (SSSR count). The van der Waals surface area contributed by atoms with E-state index in [4.69, 9.17) is 4.74 Å². The van der Waals surface area contributed by atoms with Crippen molar-refractivity contribution in [2.24, 2.45) is 5.92 Å². The number of nitrogens with one attached hydrogen (secondary N) is 2. The standard InChI is InChI=1S/C23H33N3O4S/c1-7-17-8-10-18(11-9-17)23(16(2)3)24-15-22(27)25-20-14-19(12-13-21(20)30-6)31(28,29)26(4)5/h8-14,16,23-24H,7,15H2,1-6H3,(H,25,27)/t23-/m1/s1. The average molecular weight is 448 g/mol. The second-order valence-electron chi connectivity index (χ2n) is 7.90. The Morgan fingerprint density at radius 2 is 1.74 bits per heavy atom. The van der Waals surface area contributed by atoms with Gasteiger partial charge < -0.3 is 15.4 Å². The number of anilines is 1.